The van der Waals surface area contributed by atoms with Crippen LogP contribution in [0.4, 0.5) is 0 Å². The van der Waals surface area contributed by atoms with Crippen molar-refractivity contribution in [1.82, 2.24) is 10.0 Å². The molecule has 16 heavy (non-hydrogen) atoms. The Morgan fingerprint density at radius 2 is 2.38 bits per heavy atom. The normalized spacial score (nSPS) is 26.1. The third kappa shape index (κ3) is 2.44. The Hall–Kier alpha value is -0.470. The van der Waals surface area contributed by atoms with Gasteiger partial charge in [-0.05, 0) is 11.4 Å². The highest BCUT2D eigenvalue weighted by Gasteiger charge is 2.31. The zero-order valence-electron chi connectivity index (χ0n) is 8.84. The van der Waals surface area contributed by atoms with E-state index in [-0.39, 0.29) is 12.1 Å². The number of methoxy groups -OCH3 is 1. The molecule has 1 aliphatic heterocycles. The van der Waals surface area contributed by atoms with Crippen molar-refractivity contribution >= 4 is 21.4 Å². The van der Waals surface area contributed by atoms with Gasteiger partial charge in [0.2, 0.25) is 10.0 Å². The predicted molar refractivity (Wildman–Crippen MR) is 62.1 cm³/mol. The van der Waals surface area contributed by atoms with Gasteiger partial charge in [-0.3, -0.25) is 0 Å². The number of rotatable bonds is 4. The number of sulfonamides is 1. The Balaban J connectivity index is 2.10. The van der Waals surface area contributed by atoms with E-state index < -0.39 is 10.0 Å². The summed E-state index contributed by atoms with van der Waals surface area (Å²) in [4.78, 5) is 0. The van der Waals surface area contributed by atoms with Crippen molar-refractivity contribution in [2.75, 3.05) is 20.2 Å². The van der Waals surface area contributed by atoms with Crippen molar-refractivity contribution in [2.45, 2.75) is 16.4 Å². The topological polar surface area (TPSA) is 67.4 Å². The molecule has 90 valence electrons. The molecule has 0 amide bonds. The maximum atomic E-state index is 11.9. The molecule has 0 saturated carbocycles. The van der Waals surface area contributed by atoms with E-state index in [1.54, 1.807) is 24.6 Å². The monoisotopic (exact) mass is 262 g/mol. The van der Waals surface area contributed by atoms with Crippen LogP contribution in [0, 0.1) is 0 Å². The third-order valence-electron chi connectivity index (χ3n) is 2.53. The second-order valence-corrected chi connectivity index (χ2v) is 6.48. The summed E-state index contributed by atoms with van der Waals surface area (Å²) in [6.07, 6.45) is -0.102. The van der Waals surface area contributed by atoms with E-state index in [4.69, 9.17) is 4.74 Å². The molecule has 1 fully saturated rings. The Kier molecular flexibility index (Phi) is 3.60. The van der Waals surface area contributed by atoms with Gasteiger partial charge in [-0.1, -0.05) is 6.07 Å². The fraction of sp³-hybridized carbons (Fsp3) is 0.556. The summed E-state index contributed by atoms with van der Waals surface area (Å²) >= 11 is 1.21. The van der Waals surface area contributed by atoms with Crippen LogP contribution in [0.25, 0.3) is 0 Å². The SMILES string of the molecule is CO[C@H]1CNCC1NS(=O)(=O)c1cccs1. The first-order valence-corrected chi connectivity index (χ1v) is 7.29. The molecule has 1 aromatic rings. The number of nitrogens with one attached hydrogen (secondary N) is 2. The second kappa shape index (κ2) is 4.80. The van der Waals surface area contributed by atoms with Crippen molar-refractivity contribution in [2.24, 2.45) is 0 Å². The lowest BCUT2D eigenvalue weighted by Gasteiger charge is -2.17. The van der Waals surface area contributed by atoms with Crippen molar-refractivity contribution in [3.63, 3.8) is 0 Å². The molecule has 0 spiro atoms. The summed E-state index contributed by atoms with van der Waals surface area (Å²) in [5, 5.41) is 4.84. The van der Waals surface area contributed by atoms with Gasteiger partial charge in [-0.2, -0.15) is 0 Å². The Bertz CT molecular complexity index is 430. The molecule has 1 aromatic heterocycles. The van der Waals surface area contributed by atoms with Gasteiger partial charge < -0.3 is 10.1 Å². The molecule has 0 bridgehead atoms. The first-order valence-electron chi connectivity index (χ1n) is 4.93. The number of hydrogen-bond acceptors (Lipinski definition) is 5. The van der Waals surface area contributed by atoms with E-state index in [9.17, 15) is 8.42 Å². The largest absolute Gasteiger partial charge is 0.378 e. The van der Waals surface area contributed by atoms with Gasteiger partial charge in [0.15, 0.2) is 0 Å². The zero-order valence-corrected chi connectivity index (χ0v) is 10.5. The Morgan fingerprint density at radius 1 is 1.56 bits per heavy atom. The number of hydrogen-bond donors (Lipinski definition) is 2. The van der Waals surface area contributed by atoms with E-state index in [1.165, 1.54) is 11.3 Å². The van der Waals surface area contributed by atoms with Gasteiger partial charge in [0, 0.05) is 20.2 Å². The molecule has 1 unspecified atom stereocenters. The van der Waals surface area contributed by atoms with Gasteiger partial charge in [-0.25, -0.2) is 13.1 Å². The molecule has 0 aromatic carbocycles. The van der Waals surface area contributed by atoms with Crippen molar-refractivity contribution < 1.29 is 13.2 Å². The summed E-state index contributed by atoms with van der Waals surface area (Å²) in [5.74, 6) is 0. The van der Waals surface area contributed by atoms with Crippen molar-refractivity contribution in [1.29, 1.82) is 0 Å². The van der Waals surface area contributed by atoms with Crippen LogP contribution in [0.15, 0.2) is 21.7 Å². The Morgan fingerprint density at radius 3 is 3.00 bits per heavy atom. The first kappa shape index (κ1) is 12.0. The number of thiophene rings is 1. The van der Waals surface area contributed by atoms with Gasteiger partial charge in [0.1, 0.15) is 4.21 Å². The lowest BCUT2D eigenvalue weighted by molar-refractivity contribution is 0.103. The van der Waals surface area contributed by atoms with Crippen LogP contribution in [0.1, 0.15) is 0 Å². The van der Waals surface area contributed by atoms with Crippen LogP contribution in [0.3, 0.4) is 0 Å². The van der Waals surface area contributed by atoms with Crippen molar-refractivity contribution in [3.05, 3.63) is 17.5 Å². The highest BCUT2D eigenvalue weighted by atomic mass is 32.2. The van der Waals surface area contributed by atoms with Gasteiger partial charge >= 0.3 is 0 Å². The highest BCUT2D eigenvalue weighted by molar-refractivity contribution is 7.91. The average Bonchev–Trinajstić information content (AvgIpc) is 2.86. The highest BCUT2D eigenvalue weighted by Crippen LogP contribution is 2.17. The minimum atomic E-state index is -3.39. The van der Waals surface area contributed by atoms with Gasteiger partial charge in [0.25, 0.3) is 0 Å². The summed E-state index contributed by atoms with van der Waals surface area (Å²) in [7, 11) is -1.81. The third-order valence-corrected chi connectivity index (χ3v) is 5.42. The van der Waals surface area contributed by atoms with Crippen LogP contribution in [0.5, 0.6) is 0 Å². The van der Waals surface area contributed by atoms with Crippen LogP contribution >= 0.6 is 11.3 Å². The molecule has 1 saturated heterocycles. The maximum absolute atomic E-state index is 11.9. The van der Waals surface area contributed by atoms with Crippen molar-refractivity contribution in [3.8, 4) is 0 Å². The number of ether oxygens (including phenoxy) is 1. The molecule has 2 rings (SSSR count). The van der Waals surface area contributed by atoms with Crippen LogP contribution in [0.2, 0.25) is 0 Å². The summed E-state index contributed by atoms with van der Waals surface area (Å²) in [6, 6.07) is 3.12. The molecule has 2 N–H and O–H groups in total. The first-order chi connectivity index (χ1) is 7.63. The lowest BCUT2D eigenvalue weighted by atomic mass is 10.2. The van der Waals surface area contributed by atoms with Gasteiger partial charge in [-0.15, -0.1) is 11.3 Å². The smallest absolute Gasteiger partial charge is 0.250 e. The quantitative estimate of drug-likeness (QED) is 0.802. The summed E-state index contributed by atoms with van der Waals surface area (Å²) in [6.45, 7) is 1.28. The van der Waals surface area contributed by atoms with Gasteiger partial charge in [0.05, 0.1) is 12.1 Å². The molecular formula is C9H14N2O3S2. The molecule has 2 atom stereocenters. The summed E-state index contributed by atoms with van der Waals surface area (Å²) in [5.41, 5.74) is 0. The average molecular weight is 262 g/mol. The predicted octanol–water partition coefficient (Wildman–Crippen LogP) is 0.0132. The molecule has 2 heterocycles. The zero-order chi connectivity index (χ0) is 11.6. The fourth-order valence-electron chi connectivity index (χ4n) is 1.69. The van der Waals surface area contributed by atoms with Crippen LogP contribution in [-0.4, -0.2) is 40.8 Å². The lowest BCUT2D eigenvalue weighted by Crippen LogP contribution is -2.43. The molecule has 0 radical (unpaired) electrons. The second-order valence-electron chi connectivity index (χ2n) is 3.59. The molecular weight excluding hydrogens is 248 g/mol. The van der Waals surface area contributed by atoms with Crippen LogP contribution in [-0.2, 0) is 14.8 Å². The molecule has 0 aliphatic carbocycles. The molecule has 7 heteroatoms. The van der Waals surface area contributed by atoms with E-state index in [0.717, 1.165) is 0 Å². The standard InChI is InChI=1S/C9H14N2O3S2/c1-14-8-6-10-5-7(8)11-16(12,13)9-3-2-4-15-9/h2-4,7-8,10-11H,5-6H2,1H3/t7?,8-/m0/s1. The Labute approximate surface area is 98.9 Å². The minimum absolute atomic E-state index is 0.102. The maximum Gasteiger partial charge on any atom is 0.250 e. The molecule has 5 nitrogen and oxygen atoms in total. The fourth-order valence-corrected chi connectivity index (χ4v) is 3.97. The van der Waals surface area contributed by atoms with E-state index in [0.29, 0.717) is 17.3 Å². The summed E-state index contributed by atoms with van der Waals surface area (Å²) < 4.78 is 32.1. The minimum Gasteiger partial charge on any atom is -0.378 e. The van der Waals surface area contributed by atoms with Crippen LogP contribution < -0.4 is 10.0 Å². The van der Waals surface area contributed by atoms with E-state index >= 15 is 0 Å². The van der Waals surface area contributed by atoms with E-state index in [1.807, 2.05) is 0 Å². The van der Waals surface area contributed by atoms with E-state index in [2.05, 4.69) is 10.0 Å². The molecule has 1 aliphatic rings.